The number of aliphatic hydroxyl groups excluding tert-OH is 1. The van der Waals surface area contributed by atoms with Gasteiger partial charge >= 0.3 is 0 Å². The Labute approximate surface area is 179 Å². The largest absolute Gasteiger partial charge is 0.494 e. The summed E-state index contributed by atoms with van der Waals surface area (Å²) in [5.74, 6) is 0.761. The maximum atomic E-state index is 12.0. The van der Waals surface area contributed by atoms with Crippen LogP contribution in [0.2, 0.25) is 0 Å². The number of ether oxygens (including phenoxy) is 3. The summed E-state index contributed by atoms with van der Waals surface area (Å²) >= 11 is 0. The highest BCUT2D eigenvalue weighted by Gasteiger charge is 2.18. The minimum absolute atomic E-state index is 0.0136. The normalized spacial score (nSPS) is 11.7. The predicted molar refractivity (Wildman–Crippen MR) is 114 cm³/mol. The van der Waals surface area contributed by atoms with Crippen molar-refractivity contribution in [3.63, 3.8) is 0 Å². The van der Waals surface area contributed by atoms with Crippen LogP contribution in [0.1, 0.15) is 37.0 Å². The molecule has 0 aliphatic heterocycles. The number of methoxy groups -OCH3 is 2. The van der Waals surface area contributed by atoms with E-state index in [1.807, 2.05) is 6.92 Å². The molecule has 1 atom stereocenters. The number of carbonyl (C=O) groups excluding carboxylic acids is 1. The first-order chi connectivity index (χ1) is 14.9. The van der Waals surface area contributed by atoms with Crippen molar-refractivity contribution in [3.05, 3.63) is 57.6 Å². The third-order valence-corrected chi connectivity index (χ3v) is 4.34. The molecule has 0 unspecified atom stereocenters. The van der Waals surface area contributed by atoms with Crippen molar-refractivity contribution in [3.8, 4) is 17.2 Å². The second kappa shape index (κ2) is 11.5. The average molecular weight is 431 g/mol. The third kappa shape index (κ3) is 6.68. The fraction of sp³-hybridized carbons (Fsp3) is 0.333. The maximum Gasteiger partial charge on any atom is 0.282 e. The quantitative estimate of drug-likeness (QED) is 0.317. The summed E-state index contributed by atoms with van der Waals surface area (Å²) in [6, 6.07) is 9.59. The van der Waals surface area contributed by atoms with E-state index >= 15 is 0 Å². The van der Waals surface area contributed by atoms with Crippen LogP contribution in [-0.2, 0) is 4.79 Å². The van der Waals surface area contributed by atoms with Crippen molar-refractivity contribution in [2.45, 2.75) is 25.9 Å². The van der Waals surface area contributed by atoms with E-state index < -0.39 is 16.9 Å². The molecule has 166 valence electrons. The summed E-state index contributed by atoms with van der Waals surface area (Å²) in [6.45, 7) is 2.43. The van der Waals surface area contributed by atoms with Gasteiger partial charge in [0.15, 0.2) is 11.5 Å². The molecule has 0 bridgehead atoms. The molecule has 2 aromatic rings. The van der Waals surface area contributed by atoms with Gasteiger partial charge < -0.3 is 19.3 Å². The highest BCUT2D eigenvalue weighted by atomic mass is 16.6. The second-order valence-corrected chi connectivity index (χ2v) is 6.37. The number of hydrogen-bond acceptors (Lipinski definition) is 8. The van der Waals surface area contributed by atoms with Crippen LogP contribution in [0.4, 0.5) is 5.69 Å². The van der Waals surface area contributed by atoms with Crippen LogP contribution in [-0.4, -0.2) is 43.0 Å². The first-order valence-electron chi connectivity index (χ1n) is 9.52. The molecular formula is C21H25N3O7. The van der Waals surface area contributed by atoms with Gasteiger partial charge in [0.2, 0.25) is 5.91 Å². The number of benzene rings is 2. The first kappa shape index (κ1) is 23.6. The molecule has 2 aromatic carbocycles. The first-order valence-corrected chi connectivity index (χ1v) is 9.52. The van der Waals surface area contributed by atoms with Gasteiger partial charge in [0.25, 0.3) is 5.69 Å². The van der Waals surface area contributed by atoms with E-state index in [9.17, 15) is 20.0 Å². The molecule has 0 aliphatic rings. The summed E-state index contributed by atoms with van der Waals surface area (Å²) < 4.78 is 15.5. The molecular weight excluding hydrogens is 406 g/mol. The Morgan fingerprint density at radius 2 is 1.87 bits per heavy atom. The van der Waals surface area contributed by atoms with Gasteiger partial charge in [0.1, 0.15) is 5.75 Å². The van der Waals surface area contributed by atoms with Crippen LogP contribution in [0.3, 0.4) is 0 Å². The highest BCUT2D eigenvalue weighted by molar-refractivity contribution is 5.88. The number of amides is 1. The van der Waals surface area contributed by atoms with Crippen molar-refractivity contribution >= 4 is 17.8 Å². The van der Waals surface area contributed by atoms with Crippen LogP contribution < -0.4 is 19.6 Å². The van der Waals surface area contributed by atoms with Crippen LogP contribution in [0.15, 0.2) is 41.5 Å². The van der Waals surface area contributed by atoms with E-state index in [-0.39, 0.29) is 29.8 Å². The molecule has 2 rings (SSSR count). The molecule has 0 saturated carbocycles. The molecule has 10 nitrogen and oxygen atoms in total. The van der Waals surface area contributed by atoms with E-state index in [0.29, 0.717) is 23.7 Å². The number of nitro groups is 1. The standard InChI is InChI=1S/C21H25N3O7/c1-4-31-16-7-5-14(6-8-16)18(25)9-10-21(26)23-22-13-15-11-19(29-2)20(30-3)12-17(15)24(27)28/h5-8,11-13,18,25H,4,9-10H2,1-3H3,(H,23,26)/b22-13-/t18-/m0/s1. The van der Waals surface area contributed by atoms with Gasteiger partial charge in [-0.2, -0.15) is 5.10 Å². The number of carbonyl (C=O) groups is 1. The SMILES string of the molecule is CCOc1ccc([C@@H](O)CCC(=O)N/N=C\c2cc(OC)c(OC)cc2[N+](=O)[O-])cc1. The van der Waals surface area contributed by atoms with E-state index in [1.165, 1.54) is 26.4 Å². The Balaban J connectivity index is 1.95. The van der Waals surface area contributed by atoms with E-state index in [4.69, 9.17) is 14.2 Å². The van der Waals surface area contributed by atoms with Crippen molar-refractivity contribution < 1.29 is 29.0 Å². The fourth-order valence-corrected chi connectivity index (χ4v) is 2.76. The van der Waals surface area contributed by atoms with Crippen molar-refractivity contribution in [1.29, 1.82) is 0 Å². The molecule has 0 aromatic heterocycles. The second-order valence-electron chi connectivity index (χ2n) is 6.37. The highest BCUT2D eigenvalue weighted by Crippen LogP contribution is 2.33. The monoisotopic (exact) mass is 431 g/mol. The Kier molecular flexibility index (Phi) is 8.77. The lowest BCUT2D eigenvalue weighted by Crippen LogP contribution is -2.18. The Morgan fingerprint density at radius 3 is 2.45 bits per heavy atom. The number of aliphatic hydroxyl groups is 1. The predicted octanol–water partition coefficient (Wildman–Crippen LogP) is 2.97. The van der Waals surface area contributed by atoms with Gasteiger partial charge in [-0.15, -0.1) is 0 Å². The molecule has 1 amide bonds. The lowest BCUT2D eigenvalue weighted by Gasteiger charge is -2.11. The minimum atomic E-state index is -0.822. The van der Waals surface area contributed by atoms with Crippen LogP contribution in [0, 0.1) is 10.1 Å². The molecule has 0 fully saturated rings. The maximum absolute atomic E-state index is 12.0. The lowest BCUT2D eigenvalue weighted by molar-refractivity contribution is -0.385. The zero-order valence-corrected chi connectivity index (χ0v) is 17.5. The topological polar surface area (TPSA) is 133 Å². The van der Waals surface area contributed by atoms with Gasteiger partial charge in [-0.05, 0) is 37.1 Å². The van der Waals surface area contributed by atoms with Gasteiger partial charge in [-0.1, -0.05) is 12.1 Å². The molecule has 0 spiro atoms. The van der Waals surface area contributed by atoms with E-state index in [2.05, 4.69) is 10.5 Å². The van der Waals surface area contributed by atoms with Crippen LogP contribution >= 0.6 is 0 Å². The average Bonchev–Trinajstić information content (AvgIpc) is 2.77. The summed E-state index contributed by atoms with van der Waals surface area (Å²) in [4.78, 5) is 22.7. The summed E-state index contributed by atoms with van der Waals surface area (Å²) in [5, 5.41) is 25.3. The molecule has 0 saturated heterocycles. The van der Waals surface area contributed by atoms with Crippen molar-refractivity contribution in [2.75, 3.05) is 20.8 Å². The zero-order chi connectivity index (χ0) is 22.8. The number of nitrogens with one attached hydrogen (secondary N) is 1. The summed E-state index contributed by atoms with van der Waals surface area (Å²) in [5.41, 5.74) is 2.86. The molecule has 0 radical (unpaired) electrons. The van der Waals surface area contributed by atoms with E-state index in [0.717, 1.165) is 6.21 Å². The molecule has 0 aliphatic carbocycles. The summed E-state index contributed by atoms with van der Waals surface area (Å²) in [7, 11) is 2.78. The third-order valence-electron chi connectivity index (χ3n) is 4.34. The zero-order valence-electron chi connectivity index (χ0n) is 17.5. The van der Waals surface area contributed by atoms with Crippen LogP contribution in [0.25, 0.3) is 0 Å². The van der Waals surface area contributed by atoms with Gasteiger partial charge in [-0.25, -0.2) is 5.43 Å². The smallest absolute Gasteiger partial charge is 0.282 e. The molecule has 10 heteroatoms. The number of hydrogen-bond donors (Lipinski definition) is 2. The van der Waals surface area contributed by atoms with Gasteiger partial charge in [-0.3, -0.25) is 14.9 Å². The van der Waals surface area contributed by atoms with E-state index in [1.54, 1.807) is 24.3 Å². The number of hydrazone groups is 1. The lowest BCUT2D eigenvalue weighted by atomic mass is 10.0. The van der Waals surface area contributed by atoms with Gasteiger partial charge in [0.05, 0.1) is 49.7 Å². The van der Waals surface area contributed by atoms with Crippen molar-refractivity contribution in [1.82, 2.24) is 5.43 Å². The van der Waals surface area contributed by atoms with Gasteiger partial charge in [0, 0.05) is 6.42 Å². The summed E-state index contributed by atoms with van der Waals surface area (Å²) in [6.07, 6.45) is 0.532. The Bertz CT molecular complexity index is 929. The number of nitro benzene ring substituents is 1. The number of rotatable bonds is 11. The Hall–Kier alpha value is -3.66. The minimum Gasteiger partial charge on any atom is -0.494 e. The fourth-order valence-electron chi connectivity index (χ4n) is 2.76. The Morgan fingerprint density at radius 1 is 1.23 bits per heavy atom. The molecule has 0 heterocycles. The van der Waals surface area contributed by atoms with Crippen LogP contribution in [0.5, 0.6) is 17.2 Å². The van der Waals surface area contributed by atoms with Crippen molar-refractivity contribution in [2.24, 2.45) is 5.10 Å². The molecule has 2 N–H and O–H groups in total. The number of nitrogens with zero attached hydrogens (tertiary/aromatic N) is 2. The molecule has 31 heavy (non-hydrogen) atoms.